The Morgan fingerprint density at radius 1 is 1.17 bits per heavy atom. The Hall–Kier alpha value is -2.42. The van der Waals surface area contributed by atoms with E-state index in [1.54, 1.807) is 0 Å². The maximum atomic E-state index is 12.8. The van der Waals surface area contributed by atoms with E-state index in [0.29, 0.717) is 5.41 Å². The minimum atomic E-state index is -4.63. The first kappa shape index (κ1) is 16.9. The first-order chi connectivity index (χ1) is 10.7. The molecule has 0 bridgehead atoms. The number of pyridine rings is 2. The van der Waals surface area contributed by atoms with Gasteiger partial charge in [-0.05, 0) is 24.3 Å². The van der Waals surface area contributed by atoms with Crippen LogP contribution in [0.25, 0.3) is 6.08 Å². The van der Waals surface area contributed by atoms with Gasteiger partial charge in [-0.15, -0.1) is 0 Å². The van der Waals surface area contributed by atoms with Gasteiger partial charge in [0.1, 0.15) is 0 Å². The maximum absolute atomic E-state index is 12.8. The van der Waals surface area contributed by atoms with Crippen LogP contribution in [-0.2, 0) is 16.0 Å². The summed E-state index contributed by atoms with van der Waals surface area (Å²) in [7, 11) is -2.71. The number of aromatic nitrogens is 2. The van der Waals surface area contributed by atoms with Crippen LogP contribution in [0.5, 0.6) is 5.88 Å². The van der Waals surface area contributed by atoms with Gasteiger partial charge in [-0.3, -0.25) is 4.98 Å². The summed E-state index contributed by atoms with van der Waals surface area (Å²) < 4.78 is 67.6. The predicted molar refractivity (Wildman–Crippen MR) is 76.2 cm³/mol. The molecule has 122 valence electrons. The van der Waals surface area contributed by atoms with Crippen LogP contribution in [-0.4, -0.2) is 25.5 Å². The van der Waals surface area contributed by atoms with Crippen molar-refractivity contribution in [2.75, 3.05) is 7.11 Å². The Balaban J connectivity index is 2.40. The zero-order valence-corrected chi connectivity index (χ0v) is 12.6. The SMILES string of the molecule is COc1cccc(S(=O)(=O)/C=C/c2ncccc2C(F)(F)F)n1. The van der Waals surface area contributed by atoms with Gasteiger partial charge in [-0.1, -0.05) is 6.07 Å². The minimum absolute atomic E-state index is 0.0771. The van der Waals surface area contributed by atoms with Crippen molar-refractivity contribution in [1.82, 2.24) is 9.97 Å². The average Bonchev–Trinajstić information content (AvgIpc) is 2.52. The Morgan fingerprint density at radius 3 is 2.57 bits per heavy atom. The van der Waals surface area contributed by atoms with Crippen molar-refractivity contribution in [1.29, 1.82) is 0 Å². The Morgan fingerprint density at radius 2 is 1.91 bits per heavy atom. The second kappa shape index (κ2) is 6.37. The highest BCUT2D eigenvalue weighted by Gasteiger charge is 2.33. The zero-order chi connectivity index (χ0) is 17.1. The fourth-order valence-corrected chi connectivity index (χ4v) is 2.61. The summed E-state index contributed by atoms with van der Waals surface area (Å²) in [6.07, 6.45) is -2.70. The molecule has 0 unspecified atom stereocenters. The Kier molecular flexibility index (Phi) is 4.69. The molecule has 0 N–H and O–H groups in total. The van der Waals surface area contributed by atoms with Crippen LogP contribution in [0.2, 0.25) is 0 Å². The molecule has 0 aliphatic carbocycles. The van der Waals surface area contributed by atoms with Crippen molar-refractivity contribution in [3.63, 3.8) is 0 Å². The number of methoxy groups -OCH3 is 1. The topological polar surface area (TPSA) is 69.2 Å². The molecule has 2 rings (SSSR count). The highest BCUT2D eigenvalue weighted by molar-refractivity contribution is 7.94. The summed E-state index contributed by atoms with van der Waals surface area (Å²) in [5.41, 5.74) is -1.52. The smallest absolute Gasteiger partial charge is 0.418 e. The van der Waals surface area contributed by atoms with Crippen molar-refractivity contribution in [3.05, 3.63) is 53.2 Å². The van der Waals surface area contributed by atoms with E-state index in [1.165, 1.54) is 25.3 Å². The van der Waals surface area contributed by atoms with E-state index in [-0.39, 0.29) is 10.9 Å². The van der Waals surface area contributed by atoms with E-state index in [0.717, 1.165) is 24.4 Å². The van der Waals surface area contributed by atoms with Gasteiger partial charge in [-0.2, -0.15) is 13.2 Å². The van der Waals surface area contributed by atoms with Crippen LogP contribution >= 0.6 is 0 Å². The molecule has 2 heterocycles. The standard InChI is InChI=1S/C14H11F3N2O3S/c1-22-12-5-2-6-13(19-12)23(20,21)9-7-11-10(14(15,16)17)4-3-8-18-11/h2-9H,1H3/b9-7+. The number of hydrogen-bond acceptors (Lipinski definition) is 5. The second-order valence-electron chi connectivity index (χ2n) is 4.30. The number of alkyl halides is 3. The van der Waals surface area contributed by atoms with Crippen LogP contribution in [0.4, 0.5) is 13.2 Å². The normalized spacial score (nSPS) is 12.5. The molecule has 9 heteroatoms. The molecule has 0 aliphatic rings. The Labute approximate surface area is 130 Å². The monoisotopic (exact) mass is 344 g/mol. The summed E-state index contributed by atoms with van der Waals surface area (Å²) in [4.78, 5) is 7.30. The third-order valence-electron chi connectivity index (χ3n) is 2.75. The molecule has 23 heavy (non-hydrogen) atoms. The highest BCUT2D eigenvalue weighted by Crippen LogP contribution is 2.31. The molecule has 0 spiro atoms. The molecule has 0 aliphatic heterocycles. The van der Waals surface area contributed by atoms with Gasteiger partial charge in [0.05, 0.1) is 18.4 Å². The van der Waals surface area contributed by atoms with Crippen molar-refractivity contribution in [2.24, 2.45) is 0 Å². The molecule has 2 aromatic heterocycles. The summed E-state index contributed by atoms with van der Waals surface area (Å²) in [6, 6.07) is 6.02. The zero-order valence-electron chi connectivity index (χ0n) is 11.8. The van der Waals surface area contributed by atoms with Crippen LogP contribution in [0, 0.1) is 0 Å². The molecule has 0 amide bonds. The molecule has 0 aromatic carbocycles. The first-order valence-electron chi connectivity index (χ1n) is 6.20. The van der Waals surface area contributed by atoms with E-state index >= 15 is 0 Å². The van der Waals surface area contributed by atoms with E-state index < -0.39 is 27.3 Å². The van der Waals surface area contributed by atoms with Crippen molar-refractivity contribution in [3.8, 4) is 5.88 Å². The number of rotatable bonds is 4. The van der Waals surface area contributed by atoms with E-state index in [4.69, 9.17) is 4.74 Å². The van der Waals surface area contributed by atoms with Crippen LogP contribution < -0.4 is 4.74 Å². The van der Waals surface area contributed by atoms with Crippen LogP contribution in [0.3, 0.4) is 0 Å². The molecule has 0 saturated carbocycles. The van der Waals surface area contributed by atoms with Gasteiger partial charge in [0.15, 0.2) is 5.03 Å². The lowest BCUT2D eigenvalue weighted by Crippen LogP contribution is -2.08. The van der Waals surface area contributed by atoms with Gasteiger partial charge >= 0.3 is 6.18 Å². The average molecular weight is 344 g/mol. The van der Waals surface area contributed by atoms with Crippen molar-refractivity contribution >= 4 is 15.9 Å². The van der Waals surface area contributed by atoms with Crippen LogP contribution in [0.1, 0.15) is 11.3 Å². The lowest BCUT2D eigenvalue weighted by Gasteiger charge is -2.08. The number of halogens is 3. The molecule has 0 radical (unpaired) electrons. The maximum Gasteiger partial charge on any atom is 0.418 e. The highest BCUT2D eigenvalue weighted by atomic mass is 32.2. The molecule has 5 nitrogen and oxygen atoms in total. The van der Waals surface area contributed by atoms with Gasteiger partial charge in [0.2, 0.25) is 15.7 Å². The summed E-state index contributed by atoms with van der Waals surface area (Å²) in [5.74, 6) is 0.0771. The van der Waals surface area contributed by atoms with Crippen molar-refractivity contribution in [2.45, 2.75) is 11.2 Å². The fourth-order valence-electron chi connectivity index (χ4n) is 1.68. The van der Waals surface area contributed by atoms with Crippen LogP contribution in [0.15, 0.2) is 47.0 Å². The number of ether oxygens (including phenoxy) is 1. The quantitative estimate of drug-likeness (QED) is 0.853. The van der Waals surface area contributed by atoms with Gasteiger partial charge in [-0.25, -0.2) is 13.4 Å². The van der Waals surface area contributed by atoms with E-state index in [9.17, 15) is 21.6 Å². The summed E-state index contributed by atoms with van der Waals surface area (Å²) in [6.45, 7) is 0. The lowest BCUT2D eigenvalue weighted by atomic mass is 10.2. The van der Waals surface area contributed by atoms with E-state index in [1.807, 2.05) is 0 Å². The number of nitrogens with zero attached hydrogens (tertiary/aromatic N) is 2. The molecule has 0 fully saturated rings. The molecular formula is C14H11F3N2O3S. The number of sulfone groups is 1. The van der Waals surface area contributed by atoms with Gasteiger partial charge in [0, 0.05) is 17.7 Å². The van der Waals surface area contributed by atoms with E-state index in [2.05, 4.69) is 9.97 Å². The largest absolute Gasteiger partial charge is 0.481 e. The van der Waals surface area contributed by atoms with Gasteiger partial charge in [0.25, 0.3) is 0 Å². The predicted octanol–water partition coefficient (Wildman–Crippen LogP) is 2.95. The van der Waals surface area contributed by atoms with Crippen molar-refractivity contribution < 1.29 is 26.3 Å². The first-order valence-corrected chi connectivity index (χ1v) is 7.75. The summed E-state index contributed by atoms with van der Waals surface area (Å²) in [5, 5.41) is 0.296. The number of hydrogen-bond donors (Lipinski definition) is 0. The minimum Gasteiger partial charge on any atom is -0.481 e. The van der Waals surface area contributed by atoms with Gasteiger partial charge < -0.3 is 4.74 Å². The molecule has 0 saturated heterocycles. The molecule has 2 aromatic rings. The third kappa shape index (κ3) is 4.07. The second-order valence-corrected chi connectivity index (χ2v) is 6.08. The lowest BCUT2D eigenvalue weighted by molar-refractivity contribution is -0.138. The molecular weight excluding hydrogens is 333 g/mol. The Bertz CT molecular complexity index is 833. The molecule has 0 atom stereocenters. The fraction of sp³-hybridized carbons (Fsp3) is 0.143. The summed E-state index contributed by atoms with van der Waals surface area (Å²) >= 11 is 0. The third-order valence-corrected chi connectivity index (χ3v) is 4.05.